The first kappa shape index (κ1) is 8.45. The number of aliphatic carboxylic acids is 1. The standard InChI is InChI=1S/C6H10O5/c1-9-5(6(7)8)4-2-10-3-11-4/h4-5H,2-3H2,1H3,(H,7,8). The highest BCUT2D eigenvalue weighted by atomic mass is 16.7. The number of carboxylic acid groups (broad SMARTS) is 1. The van der Waals surface area contributed by atoms with Gasteiger partial charge in [0.25, 0.3) is 0 Å². The summed E-state index contributed by atoms with van der Waals surface area (Å²) in [7, 11) is 1.33. The second-order valence-corrected chi connectivity index (χ2v) is 2.19. The van der Waals surface area contributed by atoms with Crippen LogP contribution in [-0.2, 0) is 19.0 Å². The molecule has 0 saturated carbocycles. The minimum atomic E-state index is -1.02. The summed E-state index contributed by atoms with van der Waals surface area (Å²) < 4.78 is 14.5. The van der Waals surface area contributed by atoms with Crippen molar-refractivity contribution >= 4 is 5.97 Å². The molecule has 1 heterocycles. The summed E-state index contributed by atoms with van der Waals surface area (Å²) in [5, 5.41) is 8.57. The first-order chi connectivity index (χ1) is 5.25. The molecule has 64 valence electrons. The van der Waals surface area contributed by atoms with E-state index in [-0.39, 0.29) is 13.4 Å². The molecule has 1 aliphatic rings. The largest absolute Gasteiger partial charge is 0.479 e. The van der Waals surface area contributed by atoms with Gasteiger partial charge in [-0.3, -0.25) is 0 Å². The second-order valence-electron chi connectivity index (χ2n) is 2.19. The van der Waals surface area contributed by atoms with Crippen LogP contribution in [0.1, 0.15) is 0 Å². The summed E-state index contributed by atoms with van der Waals surface area (Å²) in [5.74, 6) is -1.02. The highest BCUT2D eigenvalue weighted by Crippen LogP contribution is 2.10. The number of hydrogen-bond acceptors (Lipinski definition) is 4. The van der Waals surface area contributed by atoms with Crippen molar-refractivity contribution in [2.45, 2.75) is 12.2 Å². The molecule has 0 aromatic carbocycles. The molecule has 0 bridgehead atoms. The van der Waals surface area contributed by atoms with Crippen molar-refractivity contribution < 1.29 is 24.1 Å². The van der Waals surface area contributed by atoms with E-state index in [0.717, 1.165) is 0 Å². The summed E-state index contributed by atoms with van der Waals surface area (Å²) >= 11 is 0. The van der Waals surface area contributed by atoms with Gasteiger partial charge in [0.15, 0.2) is 6.10 Å². The van der Waals surface area contributed by atoms with Crippen LogP contribution in [-0.4, -0.2) is 43.8 Å². The van der Waals surface area contributed by atoms with Crippen molar-refractivity contribution in [3.05, 3.63) is 0 Å². The molecule has 5 heteroatoms. The Kier molecular flexibility index (Phi) is 2.81. The Balaban J connectivity index is 2.46. The monoisotopic (exact) mass is 162 g/mol. The third kappa shape index (κ3) is 1.89. The van der Waals surface area contributed by atoms with Crippen LogP contribution in [0.3, 0.4) is 0 Å². The third-order valence-electron chi connectivity index (χ3n) is 1.48. The van der Waals surface area contributed by atoms with Crippen LogP contribution in [0.15, 0.2) is 0 Å². The maximum absolute atomic E-state index is 10.5. The molecule has 2 unspecified atom stereocenters. The SMILES string of the molecule is COC(C(=O)O)C1COCO1. The van der Waals surface area contributed by atoms with Gasteiger partial charge in [-0.25, -0.2) is 4.79 Å². The second kappa shape index (κ2) is 3.66. The summed E-state index contributed by atoms with van der Waals surface area (Å²) in [6, 6.07) is 0. The smallest absolute Gasteiger partial charge is 0.335 e. The molecule has 1 fully saturated rings. The van der Waals surface area contributed by atoms with Gasteiger partial charge in [0.1, 0.15) is 12.9 Å². The van der Waals surface area contributed by atoms with E-state index in [1.165, 1.54) is 7.11 Å². The predicted molar refractivity (Wildman–Crippen MR) is 34.1 cm³/mol. The molecule has 11 heavy (non-hydrogen) atoms. The number of hydrogen-bond donors (Lipinski definition) is 1. The van der Waals surface area contributed by atoms with Gasteiger partial charge in [0, 0.05) is 7.11 Å². The fourth-order valence-electron chi connectivity index (χ4n) is 0.934. The first-order valence-corrected chi connectivity index (χ1v) is 3.20. The van der Waals surface area contributed by atoms with E-state index >= 15 is 0 Å². The lowest BCUT2D eigenvalue weighted by atomic mass is 10.2. The molecule has 5 nitrogen and oxygen atoms in total. The molecule has 1 saturated heterocycles. The average Bonchev–Trinajstić information content (AvgIpc) is 2.40. The van der Waals surface area contributed by atoms with E-state index < -0.39 is 18.2 Å². The van der Waals surface area contributed by atoms with Crippen molar-refractivity contribution in [1.82, 2.24) is 0 Å². The maximum atomic E-state index is 10.5. The number of carboxylic acids is 1. The Morgan fingerprint density at radius 1 is 1.82 bits per heavy atom. The third-order valence-corrected chi connectivity index (χ3v) is 1.48. The summed E-state index contributed by atoms with van der Waals surface area (Å²) in [6.07, 6.45) is -1.39. The van der Waals surface area contributed by atoms with Gasteiger partial charge >= 0.3 is 5.97 Å². The van der Waals surface area contributed by atoms with Crippen LogP contribution in [0.2, 0.25) is 0 Å². The zero-order chi connectivity index (χ0) is 8.27. The Morgan fingerprint density at radius 2 is 2.55 bits per heavy atom. The van der Waals surface area contributed by atoms with Crippen molar-refractivity contribution in [3.63, 3.8) is 0 Å². The highest BCUT2D eigenvalue weighted by molar-refractivity contribution is 5.73. The molecule has 1 N–H and O–H groups in total. The quantitative estimate of drug-likeness (QED) is 0.603. The van der Waals surface area contributed by atoms with Crippen molar-refractivity contribution in [3.8, 4) is 0 Å². The van der Waals surface area contributed by atoms with E-state index in [2.05, 4.69) is 0 Å². The lowest BCUT2D eigenvalue weighted by Gasteiger charge is -2.14. The molecule has 0 aromatic rings. The lowest BCUT2D eigenvalue weighted by Crippen LogP contribution is -2.37. The fourth-order valence-corrected chi connectivity index (χ4v) is 0.934. The fraction of sp³-hybridized carbons (Fsp3) is 0.833. The van der Waals surface area contributed by atoms with Crippen LogP contribution in [0.5, 0.6) is 0 Å². The van der Waals surface area contributed by atoms with Gasteiger partial charge < -0.3 is 19.3 Å². The normalized spacial score (nSPS) is 26.8. The minimum absolute atomic E-state index is 0.151. The van der Waals surface area contributed by atoms with Crippen LogP contribution < -0.4 is 0 Å². The van der Waals surface area contributed by atoms with Crippen molar-refractivity contribution in [1.29, 1.82) is 0 Å². The first-order valence-electron chi connectivity index (χ1n) is 3.20. The molecule has 0 radical (unpaired) electrons. The topological polar surface area (TPSA) is 65.0 Å². The predicted octanol–water partition coefficient (Wildman–Crippen LogP) is -0.541. The van der Waals surface area contributed by atoms with Crippen LogP contribution in [0.4, 0.5) is 0 Å². The van der Waals surface area contributed by atoms with E-state index in [9.17, 15) is 4.79 Å². The van der Waals surface area contributed by atoms with Gasteiger partial charge in [-0.2, -0.15) is 0 Å². The van der Waals surface area contributed by atoms with E-state index in [1.54, 1.807) is 0 Å². The summed E-state index contributed by atoms with van der Waals surface area (Å²) in [4.78, 5) is 10.5. The van der Waals surface area contributed by atoms with E-state index in [1.807, 2.05) is 0 Å². The van der Waals surface area contributed by atoms with Gasteiger partial charge in [-0.05, 0) is 0 Å². The molecule has 0 aliphatic carbocycles. The molecular weight excluding hydrogens is 152 g/mol. The van der Waals surface area contributed by atoms with E-state index in [4.69, 9.17) is 19.3 Å². The Labute approximate surface area is 63.9 Å². The lowest BCUT2D eigenvalue weighted by molar-refractivity contribution is -0.155. The molecule has 0 amide bonds. The van der Waals surface area contributed by atoms with Gasteiger partial charge in [0.05, 0.1) is 6.61 Å². The molecule has 0 aromatic heterocycles. The minimum Gasteiger partial charge on any atom is -0.479 e. The van der Waals surface area contributed by atoms with Crippen molar-refractivity contribution in [2.24, 2.45) is 0 Å². The van der Waals surface area contributed by atoms with Gasteiger partial charge in [0.2, 0.25) is 0 Å². The molecule has 0 spiro atoms. The van der Waals surface area contributed by atoms with Crippen molar-refractivity contribution in [2.75, 3.05) is 20.5 Å². The Morgan fingerprint density at radius 3 is 2.91 bits per heavy atom. The van der Waals surface area contributed by atoms with Crippen LogP contribution in [0.25, 0.3) is 0 Å². The maximum Gasteiger partial charge on any atom is 0.335 e. The highest BCUT2D eigenvalue weighted by Gasteiger charge is 2.32. The zero-order valence-electron chi connectivity index (χ0n) is 6.15. The average molecular weight is 162 g/mol. The number of carbonyl (C=O) groups is 1. The number of methoxy groups -OCH3 is 1. The number of rotatable bonds is 3. The zero-order valence-corrected chi connectivity index (χ0v) is 6.15. The molecule has 1 rings (SSSR count). The molecule has 2 atom stereocenters. The van der Waals surface area contributed by atoms with Gasteiger partial charge in [-0.1, -0.05) is 0 Å². The molecular formula is C6H10O5. The summed E-state index contributed by atoms with van der Waals surface area (Å²) in [6.45, 7) is 0.433. The van der Waals surface area contributed by atoms with E-state index in [0.29, 0.717) is 0 Å². The number of ether oxygens (including phenoxy) is 3. The summed E-state index contributed by atoms with van der Waals surface area (Å²) in [5.41, 5.74) is 0. The van der Waals surface area contributed by atoms with Crippen LogP contribution in [0, 0.1) is 0 Å². The van der Waals surface area contributed by atoms with Gasteiger partial charge in [-0.15, -0.1) is 0 Å². The Bertz CT molecular complexity index is 140. The Hall–Kier alpha value is -0.650. The van der Waals surface area contributed by atoms with Crippen LogP contribution >= 0.6 is 0 Å². The molecule has 1 aliphatic heterocycles.